The van der Waals surface area contributed by atoms with Crippen molar-refractivity contribution in [1.82, 2.24) is 20.6 Å². The van der Waals surface area contributed by atoms with Gasteiger partial charge in [-0.2, -0.15) is 5.21 Å². The first-order valence-electron chi connectivity index (χ1n) is 3.27. The van der Waals surface area contributed by atoms with E-state index >= 15 is 0 Å². The zero-order valence-electron chi connectivity index (χ0n) is 6.31. The number of aromatic nitrogens is 4. The molecule has 62 valence electrons. The number of nitrogens with one attached hydrogen (secondary N) is 1. The van der Waals surface area contributed by atoms with Gasteiger partial charge in [-0.05, 0) is 22.9 Å². The lowest BCUT2D eigenvalue weighted by atomic mass is 10.3. The standard InChI is InChI=1S/C6H6N4S2/c1-11-6-4(2-3-12-6)5-7-9-10-8-5/h2-3H,1H3,(H,7,8,9,10). The van der Waals surface area contributed by atoms with E-state index in [1.807, 2.05) is 17.7 Å². The zero-order valence-corrected chi connectivity index (χ0v) is 7.95. The fourth-order valence-electron chi connectivity index (χ4n) is 0.895. The van der Waals surface area contributed by atoms with Crippen molar-refractivity contribution < 1.29 is 0 Å². The van der Waals surface area contributed by atoms with E-state index in [4.69, 9.17) is 0 Å². The molecule has 0 bridgehead atoms. The number of rotatable bonds is 2. The predicted molar refractivity (Wildman–Crippen MR) is 49.3 cm³/mol. The Kier molecular flexibility index (Phi) is 2.09. The second-order valence-electron chi connectivity index (χ2n) is 2.06. The third-order valence-electron chi connectivity index (χ3n) is 1.40. The monoisotopic (exact) mass is 198 g/mol. The van der Waals surface area contributed by atoms with E-state index in [-0.39, 0.29) is 0 Å². The van der Waals surface area contributed by atoms with Gasteiger partial charge in [0.05, 0.1) is 4.21 Å². The molecule has 0 aliphatic carbocycles. The van der Waals surface area contributed by atoms with Crippen LogP contribution in [0.15, 0.2) is 15.7 Å². The summed E-state index contributed by atoms with van der Waals surface area (Å²) >= 11 is 3.39. The number of thioether (sulfide) groups is 1. The van der Waals surface area contributed by atoms with Gasteiger partial charge >= 0.3 is 0 Å². The van der Waals surface area contributed by atoms with Crippen molar-refractivity contribution >= 4 is 23.1 Å². The number of hydrogen-bond acceptors (Lipinski definition) is 5. The number of hydrogen-bond donors (Lipinski definition) is 1. The third kappa shape index (κ3) is 1.23. The molecule has 0 amide bonds. The van der Waals surface area contributed by atoms with Gasteiger partial charge in [0.25, 0.3) is 0 Å². The lowest BCUT2D eigenvalue weighted by molar-refractivity contribution is 0.881. The quantitative estimate of drug-likeness (QED) is 0.745. The molecule has 0 radical (unpaired) electrons. The van der Waals surface area contributed by atoms with E-state index in [9.17, 15) is 0 Å². The van der Waals surface area contributed by atoms with Crippen LogP contribution in [-0.2, 0) is 0 Å². The van der Waals surface area contributed by atoms with Crippen LogP contribution in [0.3, 0.4) is 0 Å². The molecule has 0 fully saturated rings. The Morgan fingerprint density at radius 2 is 2.50 bits per heavy atom. The summed E-state index contributed by atoms with van der Waals surface area (Å²) in [6.45, 7) is 0. The second kappa shape index (κ2) is 3.24. The maximum absolute atomic E-state index is 3.91. The van der Waals surface area contributed by atoms with Gasteiger partial charge in [-0.3, -0.25) is 0 Å². The summed E-state index contributed by atoms with van der Waals surface area (Å²) < 4.78 is 1.22. The van der Waals surface area contributed by atoms with Crippen LogP contribution in [0, 0.1) is 0 Å². The Morgan fingerprint density at radius 3 is 3.17 bits per heavy atom. The van der Waals surface area contributed by atoms with Crippen molar-refractivity contribution in [2.75, 3.05) is 6.26 Å². The molecule has 0 spiro atoms. The Morgan fingerprint density at radius 1 is 1.58 bits per heavy atom. The molecule has 12 heavy (non-hydrogen) atoms. The van der Waals surface area contributed by atoms with Crippen molar-refractivity contribution in [2.45, 2.75) is 4.21 Å². The van der Waals surface area contributed by atoms with Crippen molar-refractivity contribution in [3.05, 3.63) is 11.4 Å². The molecular weight excluding hydrogens is 192 g/mol. The molecule has 6 heteroatoms. The molecule has 0 saturated heterocycles. The van der Waals surface area contributed by atoms with Crippen molar-refractivity contribution in [3.63, 3.8) is 0 Å². The van der Waals surface area contributed by atoms with Crippen LogP contribution < -0.4 is 0 Å². The Labute approximate surface area is 77.4 Å². The molecule has 2 aromatic rings. The average Bonchev–Trinajstić information content (AvgIpc) is 2.74. The first-order valence-corrected chi connectivity index (χ1v) is 5.37. The average molecular weight is 198 g/mol. The molecular formula is C6H6N4S2. The van der Waals surface area contributed by atoms with Crippen LogP contribution in [-0.4, -0.2) is 26.9 Å². The lowest BCUT2D eigenvalue weighted by Gasteiger charge is -1.91. The molecule has 0 atom stereocenters. The highest BCUT2D eigenvalue weighted by atomic mass is 32.2. The summed E-state index contributed by atoms with van der Waals surface area (Å²) in [4.78, 5) is 0. The van der Waals surface area contributed by atoms with Gasteiger partial charge in [0.15, 0.2) is 0 Å². The molecule has 2 heterocycles. The van der Waals surface area contributed by atoms with Crippen LogP contribution in [0.5, 0.6) is 0 Å². The van der Waals surface area contributed by atoms with Crippen LogP contribution in [0.1, 0.15) is 0 Å². The van der Waals surface area contributed by atoms with Gasteiger partial charge < -0.3 is 0 Å². The fraction of sp³-hybridized carbons (Fsp3) is 0.167. The van der Waals surface area contributed by atoms with Gasteiger partial charge in [-0.25, -0.2) is 0 Å². The summed E-state index contributed by atoms with van der Waals surface area (Å²) in [6.07, 6.45) is 2.04. The summed E-state index contributed by atoms with van der Waals surface area (Å²) in [5.74, 6) is 0.667. The van der Waals surface area contributed by atoms with Gasteiger partial charge in [-0.15, -0.1) is 33.3 Å². The second-order valence-corrected chi connectivity index (χ2v) is 4.05. The minimum Gasteiger partial charge on any atom is -0.177 e. The number of tetrazole rings is 1. The Hall–Kier alpha value is -0.880. The van der Waals surface area contributed by atoms with Gasteiger partial charge in [0, 0.05) is 5.56 Å². The largest absolute Gasteiger partial charge is 0.206 e. The van der Waals surface area contributed by atoms with Crippen LogP contribution in [0.25, 0.3) is 11.4 Å². The van der Waals surface area contributed by atoms with Crippen LogP contribution in [0.4, 0.5) is 0 Å². The number of nitrogens with zero attached hydrogens (tertiary/aromatic N) is 3. The van der Waals surface area contributed by atoms with Gasteiger partial charge in [0.1, 0.15) is 0 Å². The van der Waals surface area contributed by atoms with Crippen LogP contribution >= 0.6 is 23.1 Å². The molecule has 0 aromatic carbocycles. The van der Waals surface area contributed by atoms with E-state index < -0.39 is 0 Å². The summed E-state index contributed by atoms with van der Waals surface area (Å²) in [5.41, 5.74) is 1.06. The van der Waals surface area contributed by atoms with Crippen molar-refractivity contribution in [3.8, 4) is 11.4 Å². The summed E-state index contributed by atoms with van der Waals surface area (Å²) in [7, 11) is 0. The maximum Gasteiger partial charge on any atom is 0.206 e. The molecule has 2 rings (SSSR count). The smallest absolute Gasteiger partial charge is 0.177 e. The molecule has 0 aliphatic heterocycles. The number of H-pyrrole nitrogens is 1. The van der Waals surface area contributed by atoms with E-state index in [1.165, 1.54) is 4.21 Å². The molecule has 0 unspecified atom stereocenters. The summed E-state index contributed by atoms with van der Waals surface area (Å²) in [6, 6.07) is 2.00. The highest BCUT2D eigenvalue weighted by Crippen LogP contribution is 2.32. The predicted octanol–water partition coefficient (Wildman–Crippen LogP) is 1.65. The van der Waals surface area contributed by atoms with Gasteiger partial charge in [0.2, 0.25) is 5.82 Å². The minimum atomic E-state index is 0.667. The van der Waals surface area contributed by atoms with E-state index in [2.05, 4.69) is 20.6 Å². The highest BCUT2D eigenvalue weighted by molar-refractivity contribution is 8.00. The molecule has 4 nitrogen and oxygen atoms in total. The third-order valence-corrected chi connectivity index (χ3v) is 3.49. The summed E-state index contributed by atoms with van der Waals surface area (Å²) in [5, 5.41) is 15.8. The van der Waals surface area contributed by atoms with E-state index in [1.54, 1.807) is 23.1 Å². The van der Waals surface area contributed by atoms with Crippen LogP contribution in [0.2, 0.25) is 0 Å². The van der Waals surface area contributed by atoms with Gasteiger partial charge in [-0.1, -0.05) is 0 Å². The van der Waals surface area contributed by atoms with Crippen molar-refractivity contribution in [2.24, 2.45) is 0 Å². The first-order chi connectivity index (χ1) is 5.92. The molecule has 0 aliphatic rings. The molecule has 0 saturated carbocycles. The Balaban J connectivity index is 2.46. The van der Waals surface area contributed by atoms with E-state index in [0.29, 0.717) is 5.82 Å². The SMILES string of the molecule is CSc1sccc1-c1nn[nH]n1. The first kappa shape index (κ1) is 7.75. The molecule has 2 aromatic heterocycles. The normalized spacial score (nSPS) is 10.4. The number of aromatic amines is 1. The topological polar surface area (TPSA) is 54.5 Å². The molecule has 1 N–H and O–H groups in total. The Bertz CT molecular complexity index is 353. The number of thiophene rings is 1. The fourth-order valence-corrected chi connectivity index (χ4v) is 2.44. The zero-order chi connectivity index (χ0) is 8.39. The van der Waals surface area contributed by atoms with Crippen molar-refractivity contribution in [1.29, 1.82) is 0 Å². The van der Waals surface area contributed by atoms with E-state index in [0.717, 1.165) is 5.56 Å². The highest BCUT2D eigenvalue weighted by Gasteiger charge is 2.08. The maximum atomic E-state index is 3.91. The minimum absolute atomic E-state index is 0.667. The lowest BCUT2D eigenvalue weighted by Crippen LogP contribution is -1.78.